The molecular formula is C24H24N6O5. The van der Waals surface area contributed by atoms with Gasteiger partial charge in [-0.2, -0.15) is 0 Å². The standard InChI is InChI=1S/C24H24N6O5/c1-32-15-7-5-14(6-8-15)11-30-22-24(29-23(30)31,20-21(26-12-25-20)27-13-28-22)16-9-10-17(33-2)19(35-4)18(16)34-3/h5-10,12-13H,11H2,1-4H3,(H,25,26)(H,29,31). The van der Waals surface area contributed by atoms with E-state index in [1.165, 1.54) is 26.9 Å². The Morgan fingerprint density at radius 1 is 0.943 bits per heavy atom. The predicted molar refractivity (Wildman–Crippen MR) is 128 cm³/mol. The van der Waals surface area contributed by atoms with Crippen LogP contribution in [0.15, 0.2) is 52.7 Å². The van der Waals surface area contributed by atoms with Crippen LogP contribution in [0.5, 0.6) is 23.0 Å². The zero-order chi connectivity index (χ0) is 24.6. The second kappa shape index (κ2) is 8.67. The molecule has 2 amide bonds. The number of hydrogen-bond acceptors (Lipinski definition) is 8. The smallest absolute Gasteiger partial charge is 0.324 e. The van der Waals surface area contributed by atoms with Gasteiger partial charge in [-0.25, -0.2) is 19.8 Å². The highest BCUT2D eigenvalue weighted by molar-refractivity contribution is 6.15. The number of nitrogens with zero attached hydrogens (tertiary/aromatic N) is 4. The molecule has 1 saturated heterocycles. The highest BCUT2D eigenvalue weighted by Crippen LogP contribution is 2.49. The van der Waals surface area contributed by atoms with Gasteiger partial charge in [0.25, 0.3) is 0 Å². The van der Waals surface area contributed by atoms with Gasteiger partial charge in [0, 0.05) is 5.56 Å². The number of ether oxygens (including phenoxy) is 4. The lowest BCUT2D eigenvalue weighted by Gasteiger charge is -2.31. The number of aromatic nitrogens is 2. The van der Waals surface area contributed by atoms with E-state index in [0.29, 0.717) is 40.2 Å². The number of imidazole rings is 1. The normalized spacial score (nSPS) is 18.2. The molecule has 2 aliphatic heterocycles. The summed E-state index contributed by atoms with van der Waals surface area (Å²) < 4.78 is 22.1. The number of nitrogens with one attached hydrogen (secondary N) is 2. The Labute approximate surface area is 201 Å². The number of amidine groups is 1. The average molecular weight is 476 g/mol. The summed E-state index contributed by atoms with van der Waals surface area (Å²) in [7, 11) is 6.21. The molecule has 0 bridgehead atoms. The lowest BCUT2D eigenvalue weighted by atomic mass is 9.84. The zero-order valence-electron chi connectivity index (χ0n) is 19.7. The van der Waals surface area contributed by atoms with Crippen molar-refractivity contribution >= 4 is 24.0 Å². The van der Waals surface area contributed by atoms with Gasteiger partial charge in [0.05, 0.1) is 41.3 Å². The van der Waals surface area contributed by atoms with Gasteiger partial charge in [0.1, 0.15) is 17.8 Å². The third kappa shape index (κ3) is 3.35. The summed E-state index contributed by atoms with van der Waals surface area (Å²) in [6, 6.07) is 10.7. The minimum Gasteiger partial charge on any atom is -0.497 e. The fourth-order valence-electron chi connectivity index (χ4n) is 4.50. The van der Waals surface area contributed by atoms with Crippen molar-refractivity contribution in [2.24, 2.45) is 9.98 Å². The highest BCUT2D eigenvalue weighted by atomic mass is 16.5. The number of amides is 2. The van der Waals surface area contributed by atoms with Crippen LogP contribution in [-0.2, 0) is 12.1 Å². The third-order valence-corrected chi connectivity index (χ3v) is 6.09. The average Bonchev–Trinajstić information content (AvgIpc) is 3.43. The predicted octanol–water partition coefficient (Wildman–Crippen LogP) is 2.99. The fraction of sp³-hybridized carbons (Fsp3) is 0.250. The number of carbonyl (C=O) groups excluding carboxylic acids is 1. The van der Waals surface area contributed by atoms with Gasteiger partial charge < -0.3 is 29.2 Å². The first-order valence-corrected chi connectivity index (χ1v) is 10.7. The summed E-state index contributed by atoms with van der Waals surface area (Å²) in [5.74, 6) is 2.79. The van der Waals surface area contributed by atoms with E-state index in [0.717, 1.165) is 11.3 Å². The zero-order valence-corrected chi connectivity index (χ0v) is 19.7. The SMILES string of the molecule is COc1ccc(CN2C(=O)NC3(c4ccc(OC)c(OC)c4OC)C2=NC=Nc2nc[nH]c23)cc1. The minimum atomic E-state index is -1.28. The molecule has 2 aliphatic rings. The van der Waals surface area contributed by atoms with E-state index in [2.05, 4.69) is 25.3 Å². The van der Waals surface area contributed by atoms with Crippen LogP contribution in [0.4, 0.5) is 10.6 Å². The molecule has 1 aromatic heterocycles. The largest absolute Gasteiger partial charge is 0.497 e. The third-order valence-electron chi connectivity index (χ3n) is 6.09. The molecule has 0 saturated carbocycles. The van der Waals surface area contributed by atoms with Crippen LogP contribution in [0, 0.1) is 0 Å². The van der Waals surface area contributed by atoms with Crippen LogP contribution in [0.2, 0.25) is 0 Å². The van der Waals surface area contributed by atoms with Crippen molar-refractivity contribution in [1.82, 2.24) is 20.2 Å². The lowest BCUT2D eigenvalue weighted by molar-refractivity contribution is 0.225. The molecule has 2 N–H and O–H groups in total. The first-order chi connectivity index (χ1) is 17.1. The van der Waals surface area contributed by atoms with Crippen molar-refractivity contribution in [2.45, 2.75) is 12.1 Å². The number of aliphatic imine (C=N–C) groups is 2. The second-order valence-corrected chi connectivity index (χ2v) is 7.79. The fourth-order valence-corrected chi connectivity index (χ4v) is 4.50. The topological polar surface area (TPSA) is 123 Å². The molecule has 1 unspecified atom stereocenters. The summed E-state index contributed by atoms with van der Waals surface area (Å²) in [4.78, 5) is 31.5. The summed E-state index contributed by atoms with van der Waals surface area (Å²) in [5, 5.41) is 3.13. The van der Waals surface area contributed by atoms with Crippen LogP contribution in [0.1, 0.15) is 16.8 Å². The van der Waals surface area contributed by atoms with Crippen LogP contribution < -0.4 is 24.3 Å². The Morgan fingerprint density at radius 3 is 2.40 bits per heavy atom. The van der Waals surface area contributed by atoms with E-state index in [-0.39, 0.29) is 12.6 Å². The molecule has 0 aliphatic carbocycles. The minimum absolute atomic E-state index is 0.267. The number of methoxy groups -OCH3 is 4. The lowest BCUT2D eigenvalue weighted by Crippen LogP contribution is -2.45. The van der Waals surface area contributed by atoms with Crippen molar-refractivity contribution in [3.05, 3.63) is 59.5 Å². The monoisotopic (exact) mass is 476 g/mol. The van der Waals surface area contributed by atoms with Crippen molar-refractivity contribution in [3.63, 3.8) is 0 Å². The maximum Gasteiger partial charge on any atom is 0.324 e. The Bertz CT molecular complexity index is 1330. The van der Waals surface area contributed by atoms with Gasteiger partial charge in [0.15, 0.2) is 28.7 Å². The van der Waals surface area contributed by atoms with E-state index in [1.54, 1.807) is 25.2 Å². The van der Waals surface area contributed by atoms with Gasteiger partial charge in [-0.3, -0.25) is 4.90 Å². The number of carbonyl (C=O) groups is 1. The number of H-pyrrole nitrogens is 1. The molecule has 11 nitrogen and oxygen atoms in total. The van der Waals surface area contributed by atoms with E-state index in [1.807, 2.05) is 30.3 Å². The van der Waals surface area contributed by atoms with Gasteiger partial charge in [-0.15, -0.1) is 0 Å². The Hall–Kier alpha value is -4.54. The summed E-state index contributed by atoms with van der Waals surface area (Å²) in [6.45, 7) is 0.267. The summed E-state index contributed by atoms with van der Waals surface area (Å²) in [6.07, 6.45) is 2.92. The van der Waals surface area contributed by atoms with Gasteiger partial charge in [0.2, 0.25) is 5.75 Å². The quantitative estimate of drug-likeness (QED) is 0.541. The number of benzene rings is 2. The molecule has 0 radical (unpaired) electrons. The van der Waals surface area contributed by atoms with Crippen LogP contribution >= 0.6 is 0 Å². The van der Waals surface area contributed by atoms with Crippen molar-refractivity contribution in [2.75, 3.05) is 28.4 Å². The van der Waals surface area contributed by atoms with Gasteiger partial charge in [-0.05, 0) is 29.8 Å². The van der Waals surface area contributed by atoms with Crippen molar-refractivity contribution in [1.29, 1.82) is 0 Å². The molecule has 35 heavy (non-hydrogen) atoms. The molecule has 11 heteroatoms. The van der Waals surface area contributed by atoms with E-state index in [9.17, 15) is 4.79 Å². The van der Waals surface area contributed by atoms with Gasteiger partial charge >= 0.3 is 6.03 Å². The van der Waals surface area contributed by atoms with Crippen LogP contribution in [-0.4, -0.2) is 61.5 Å². The molecule has 1 atom stereocenters. The molecule has 3 heterocycles. The molecule has 2 aromatic carbocycles. The van der Waals surface area contributed by atoms with Crippen LogP contribution in [0.3, 0.4) is 0 Å². The highest BCUT2D eigenvalue weighted by Gasteiger charge is 2.56. The number of hydrogen-bond donors (Lipinski definition) is 2. The Balaban J connectivity index is 1.71. The van der Waals surface area contributed by atoms with E-state index < -0.39 is 5.54 Å². The number of aromatic amines is 1. The molecule has 0 spiro atoms. The maximum absolute atomic E-state index is 13.5. The molecule has 3 aromatic rings. The summed E-state index contributed by atoms with van der Waals surface area (Å²) in [5.41, 5.74) is 0.736. The van der Waals surface area contributed by atoms with Gasteiger partial charge in [-0.1, -0.05) is 12.1 Å². The number of rotatable bonds is 7. The molecule has 180 valence electrons. The first-order valence-electron chi connectivity index (χ1n) is 10.7. The maximum atomic E-state index is 13.5. The number of fused-ring (bicyclic) bond motifs is 3. The second-order valence-electron chi connectivity index (χ2n) is 7.79. The molecular weight excluding hydrogens is 452 g/mol. The Kier molecular flexibility index (Phi) is 5.51. The Morgan fingerprint density at radius 2 is 1.71 bits per heavy atom. The molecule has 5 rings (SSSR count). The van der Waals surface area contributed by atoms with E-state index >= 15 is 0 Å². The van der Waals surface area contributed by atoms with Crippen molar-refractivity contribution in [3.8, 4) is 23.0 Å². The number of urea groups is 1. The van der Waals surface area contributed by atoms with E-state index in [4.69, 9.17) is 18.9 Å². The van der Waals surface area contributed by atoms with Crippen LogP contribution in [0.25, 0.3) is 0 Å². The van der Waals surface area contributed by atoms with Crippen molar-refractivity contribution < 1.29 is 23.7 Å². The molecule has 1 fully saturated rings. The first kappa shape index (κ1) is 22.3. The summed E-state index contributed by atoms with van der Waals surface area (Å²) >= 11 is 0.